The minimum absolute atomic E-state index is 0.838. The number of hydrogen-bond donors (Lipinski definition) is 1. The zero-order chi connectivity index (χ0) is 14.3. The Morgan fingerprint density at radius 3 is 2.38 bits per heavy atom. The molecule has 0 fully saturated rings. The summed E-state index contributed by atoms with van der Waals surface area (Å²) < 4.78 is 0. The predicted molar refractivity (Wildman–Crippen MR) is 89.4 cm³/mol. The Morgan fingerprint density at radius 1 is 0.905 bits per heavy atom. The van der Waals surface area contributed by atoms with Crippen molar-refractivity contribution in [2.75, 3.05) is 6.54 Å². The third-order valence-corrected chi connectivity index (χ3v) is 4.18. The van der Waals surface area contributed by atoms with Crippen LogP contribution in [-0.4, -0.2) is 11.5 Å². The van der Waals surface area contributed by atoms with E-state index in [-0.39, 0.29) is 0 Å². The van der Waals surface area contributed by atoms with Crippen molar-refractivity contribution in [1.29, 1.82) is 0 Å². The number of hydrogen-bond acceptors (Lipinski definition) is 3. The van der Waals surface area contributed by atoms with Crippen molar-refractivity contribution in [3.63, 3.8) is 0 Å². The SMILES string of the molecule is c1ccc(CCNCc2nc(-c3ccccc3)cs2)cc1. The van der Waals surface area contributed by atoms with E-state index in [2.05, 4.69) is 58.1 Å². The van der Waals surface area contributed by atoms with Crippen LogP contribution >= 0.6 is 11.3 Å². The van der Waals surface area contributed by atoms with E-state index >= 15 is 0 Å². The van der Waals surface area contributed by atoms with E-state index in [1.807, 2.05) is 18.2 Å². The molecule has 0 spiro atoms. The van der Waals surface area contributed by atoms with Crippen molar-refractivity contribution in [2.45, 2.75) is 13.0 Å². The van der Waals surface area contributed by atoms with Gasteiger partial charge in [0.1, 0.15) is 5.01 Å². The highest BCUT2D eigenvalue weighted by Gasteiger charge is 2.03. The average Bonchev–Trinajstić information content (AvgIpc) is 3.02. The van der Waals surface area contributed by atoms with Crippen molar-refractivity contribution in [3.05, 3.63) is 76.6 Å². The first-order valence-corrected chi connectivity index (χ1v) is 8.04. The van der Waals surface area contributed by atoms with E-state index in [0.717, 1.165) is 30.2 Å². The second-order valence-corrected chi connectivity index (χ2v) is 5.85. The van der Waals surface area contributed by atoms with E-state index in [0.29, 0.717) is 0 Å². The summed E-state index contributed by atoms with van der Waals surface area (Å²) in [5, 5.41) is 6.73. The first-order chi connectivity index (χ1) is 10.4. The predicted octanol–water partition coefficient (Wildman–Crippen LogP) is 4.14. The largest absolute Gasteiger partial charge is 0.310 e. The fourth-order valence-electron chi connectivity index (χ4n) is 2.21. The lowest BCUT2D eigenvalue weighted by molar-refractivity contribution is 0.684. The summed E-state index contributed by atoms with van der Waals surface area (Å²) in [6, 6.07) is 20.9. The molecule has 3 aromatic rings. The van der Waals surface area contributed by atoms with Crippen LogP contribution in [0, 0.1) is 0 Å². The van der Waals surface area contributed by atoms with Gasteiger partial charge in [-0.1, -0.05) is 60.7 Å². The summed E-state index contributed by atoms with van der Waals surface area (Å²) in [6.45, 7) is 1.81. The van der Waals surface area contributed by atoms with E-state index in [1.54, 1.807) is 11.3 Å². The van der Waals surface area contributed by atoms with Crippen molar-refractivity contribution in [1.82, 2.24) is 10.3 Å². The lowest BCUT2D eigenvalue weighted by Gasteiger charge is -2.02. The third kappa shape index (κ3) is 4.00. The average molecular weight is 294 g/mol. The highest BCUT2D eigenvalue weighted by Crippen LogP contribution is 2.21. The van der Waals surface area contributed by atoms with Gasteiger partial charge < -0.3 is 5.32 Å². The van der Waals surface area contributed by atoms with Crippen LogP contribution in [0.1, 0.15) is 10.6 Å². The van der Waals surface area contributed by atoms with Crippen LogP contribution in [0.15, 0.2) is 66.0 Å². The van der Waals surface area contributed by atoms with Crippen LogP contribution in [0.2, 0.25) is 0 Å². The van der Waals surface area contributed by atoms with Gasteiger partial charge in [-0.15, -0.1) is 11.3 Å². The smallest absolute Gasteiger partial charge is 0.107 e. The first kappa shape index (κ1) is 14.0. The molecular weight excluding hydrogens is 276 g/mol. The zero-order valence-electron chi connectivity index (χ0n) is 11.8. The Morgan fingerprint density at radius 2 is 1.62 bits per heavy atom. The van der Waals surface area contributed by atoms with Gasteiger partial charge in [0.15, 0.2) is 0 Å². The van der Waals surface area contributed by atoms with Crippen molar-refractivity contribution in [2.24, 2.45) is 0 Å². The molecule has 106 valence electrons. The van der Waals surface area contributed by atoms with Gasteiger partial charge >= 0.3 is 0 Å². The molecule has 0 radical (unpaired) electrons. The van der Waals surface area contributed by atoms with Gasteiger partial charge in [0.25, 0.3) is 0 Å². The molecule has 2 aromatic carbocycles. The molecule has 1 aromatic heterocycles. The number of benzene rings is 2. The minimum Gasteiger partial charge on any atom is -0.310 e. The number of nitrogens with zero attached hydrogens (tertiary/aromatic N) is 1. The van der Waals surface area contributed by atoms with Crippen LogP contribution in [0.5, 0.6) is 0 Å². The molecule has 0 amide bonds. The lowest BCUT2D eigenvalue weighted by atomic mass is 10.1. The van der Waals surface area contributed by atoms with Crippen LogP contribution < -0.4 is 5.32 Å². The Bertz CT molecular complexity index is 662. The maximum absolute atomic E-state index is 4.68. The molecule has 2 nitrogen and oxygen atoms in total. The van der Waals surface area contributed by atoms with E-state index in [1.165, 1.54) is 11.1 Å². The Kier molecular flexibility index (Phi) is 4.77. The maximum Gasteiger partial charge on any atom is 0.107 e. The normalized spacial score (nSPS) is 10.7. The van der Waals surface area contributed by atoms with Crippen LogP contribution in [0.3, 0.4) is 0 Å². The molecule has 1 heterocycles. The standard InChI is InChI=1S/C18H18N2S/c1-3-7-15(8-4-1)11-12-19-13-18-20-17(14-21-18)16-9-5-2-6-10-16/h1-10,14,19H,11-13H2. The molecule has 0 unspecified atom stereocenters. The summed E-state index contributed by atoms with van der Waals surface area (Å²) in [7, 11) is 0. The monoisotopic (exact) mass is 294 g/mol. The number of rotatable bonds is 6. The van der Waals surface area contributed by atoms with Gasteiger partial charge in [-0.2, -0.15) is 0 Å². The van der Waals surface area contributed by atoms with Crippen LogP contribution in [0.4, 0.5) is 0 Å². The quantitative estimate of drug-likeness (QED) is 0.691. The summed E-state index contributed by atoms with van der Waals surface area (Å²) >= 11 is 1.72. The number of aromatic nitrogens is 1. The molecule has 21 heavy (non-hydrogen) atoms. The van der Waals surface area contributed by atoms with Crippen LogP contribution in [0.25, 0.3) is 11.3 Å². The fourth-order valence-corrected chi connectivity index (χ4v) is 2.98. The first-order valence-electron chi connectivity index (χ1n) is 7.16. The number of nitrogens with one attached hydrogen (secondary N) is 1. The minimum atomic E-state index is 0.838. The van der Waals surface area contributed by atoms with Gasteiger partial charge in [-0.05, 0) is 18.5 Å². The van der Waals surface area contributed by atoms with E-state index < -0.39 is 0 Å². The van der Waals surface area contributed by atoms with Crippen LogP contribution in [-0.2, 0) is 13.0 Å². The van der Waals surface area contributed by atoms with Crippen molar-refractivity contribution < 1.29 is 0 Å². The Balaban J connectivity index is 1.49. The maximum atomic E-state index is 4.68. The molecule has 0 aliphatic heterocycles. The molecular formula is C18H18N2S. The van der Waals surface area contributed by atoms with Gasteiger partial charge in [-0.25, -0.2) is 4.98 Å². The van der Waals surface area contributed by atoms with Crippen molar-refractivity contribution >= 4 is 11.3 Å². The second kappa shape index (κ2) is 7.16. The molecule has 0 bridgehead atoms. The molecule has 0 saturated carbocycles. The molecule has 0 atom stereocenters. The second-order valence-electron chi connectivity index (χ2n) is 4.90. The van der Waals surface area contributed by atoms with Gasteiger partial charge in [0.05, 0.1) is 5.69 Å². The van der Waals surface area contributed by atoms with E-state index in [4.69, 9.17) is 0 Å². The van der Waals surface area contributed by atoms with Gasteiger partial charge in [0.2, 0.25) is 0 Å². The molecule has 1 N–H and O–H groups in total. The highest BCUT2D eigenvalue weighted by molar-refractivity contribution is 7.09. The zero-order valence-corrected chi connectivity index (χ0v) is 12.6. The van der Waals surface area contributed by atoms with E-state index in [9.17, 15) is 0 Å². The topological polar surface area (TPSA) is 24.9 Å². The van der Waals surface area contributed by atoms with Gasteiger partial charge in [0, 0.05) is 17.5 Å². The highest BCUT2D eigenvalue weighted by atomic mass is 32.1. The molecule has 0 aliphatic carbocycles. The lowest BCUT2D eigenvalue weighted by Crippen LogP contribution is -2.16. The van der Waals surface area contributed by atoms with Crippen molar-refractivity contribution in [3.8, 4) is 11.3 Å². The fraction of sp³-hybridized carbons (Fsp3) is 0.167. The molecule has 0 aliphatic rings. The summed E-state index contributed by atoms with van der Waals surface area (Å²) in [6.07, 6.45) is 1.05. The summed E-state index contributed by atoms with van der Waals surface area (Å²) in [5.41, 5.74) is 3.62. The number of thiazole rings is 1. The Labute approximate surface area is 129 Å². The molecule has 3 rings (SSSR count). The molecule has 0 saturated heterocycles. The van der Waals surface area contributed by atoms with Gasteiger partial charge in [-0.3, -0.25) is 0 Å². The summed E-state index contributed by atoms with van der Waals surface area (Å²) in [4.78, 5) is 4.68. The third-order valence-electron chi connectivity index (χ3n) is 3.33. The Hall–Kier alpha value is -1.97. The summed E-state index contributed by atoms with van der Waals surface area (Å²) in [5.74, 6) is 0. The molecule has 3 heteroatoms.